The van der Waals surface area contributed by atoms with Gasteiger partial charge in [0.05, 0.1) is 42.3 Å². The van der Waals surface area contributed by atoms with Crippen molar-refractivity contribution in [3.63, 3.8) is 0 Å². The van der Waals surface area contributed by atoms with E-state index in [0.29, 0.717) is 38.0 Å². The maximum absolute atomic E-state index is 13.6. The summed E-state index contributed by atoms with van der Waals surface area (Å²) in [7, 11) is 5.16. The van der Waals surface area contributed by atoms with Gasteiger partial charge in [-0.15, -0.1) is 0 Å². The van der Waals surface area contributed by atoms with Crippen molar-refractivity contribution in [2.45, 2.75) is 153 Å². The molecule has 276 valence electrons. The molecule has 3 aliphatic carbocycles. The molecule has 3 saturated carbocycles. The Balaban J connectivity index is 1.54. The van der Waals surface area contributed by atoms with Gasteiger partial charge < -0.3 is 14.3 Å². The predicted octanol–water partition coefficient (Wildman–Crippen LogP) is 2.12. The quantitative estimate of drug-likeness (QED) is 0.118. The molecule has 0 aromatic carbocycles. The standard InChI is InChI=1S/C33H62N8O7/c1-21-9-7-8-10-25(21)41(36)32(45)39(34)24-14-12-23(13-15-24)38(4)33(2,3)29(42)17-18-30(43)40(35)26(20-31(44)48-37)22-11-16-27(46-5)28(19-22)47-6/h21-28H,7-20,34-37H2,1-6H3/t21?,22?,23?,24?,25?,26-,27?,28?/m0/s1. The number of carbonyl (C=O) groups is 4. The second kappa shape index (κ2) is 18.0. The lowest BCUT2D eigenvalue weighted by Gasteiger charge is -2.45. The highest BCUT2D eigenvalue weighted by molar-refractivity contribution is 5.91. The molecule has 0 aliphatic heterocycles. The summed E-state index contributed by atoms with van der Waals surface area (Å²) in [6.45, 7) is 5.86. The van der Waals surface area contributed by atoms with Crippen LogP contribution in [0.2, 0.25) is 0 Å². The predicted molar refractivity (Wildman–Crippen MR) is 180 cm³/mol. The summed E-state index contributed by atoms with van der Waals surface area (Å²) < 4.78 is 11.1. The topological polar surface area (TPSA) is 213 Å². The minimum absolute atomic E-state index is 0.00270. The molecule has 3 aliphatic rings. The smallest absolute Gasteiger partial charge is 0.348 e. The van der Waals surface area contributed by atoms with Gasteiger partial charge in [0, 0.05) is 33.1 Å². The van der Waals surface area contributed by atoms with Crippen molar-refractivity contribution in [3.8, 4) is 0 Å². The summed E-state index contributed by atoms with van der Waals surface area (Å²) >= 11 is 0. The van der Waals surface area contributed by atoms with Gasteiger partial charge in [0.1, 0.15) is 0 Å². The zero-order valence-electron chi connectivity index (χ0n) is 30.0. The Labute approximate surface area is 286 Å². The van der Waals surface area contributed by atoms with E-state index in [9.17, 15) is 19.2 Å². The van der Waals surface area contributed by atoms with Crippen molar-refractivity contribution in [3.05, 3.63) is 0 Å². The molecular formula is C33H62N8O7. The van der Waals surface area contributed by atoms with Crippen molar-refractivity contribution in [1.29, 1.82) is 0 Å². The molecular weight excluding hydrogens is 620 g/mol. The Bertz CT molecular complexity index is 1090. The van der Waals surface area contributed by atoms with Crippen molar-refractivity contribution in [2.75, 3.05) is 21.3 Å². The fourth-order valence-corrected chi connectivity index (χ4v) is 8.07. The van der Waals surface area contributed by atoms with Gasteiger partial charge in [-0.2, -0.15) is 5.90 Å². The van der Waals surface area contributed by atoms with Gasteiger partial charge in [0.15, 0.2) is 5.78 Å². The van der Waals surface area contributed by atoms with Crippen LogP contribution in [0.3, 0.4) is 0 Å². The molecule has 15 heteroatoms. The third kappa shape index (κ3) is 9.64. The summed E-state index contributed by atoms with van der Waals surface area (Å²) in [5.74, 6) is 23.0. The lowest BCUT2D eigenvalue weighted by molar-refractivity contribution is -0.150. The maximum atomic E-state index is 13.6. The zero-order valence-corrected chi connectivity index (χ0v) is 30.0. The van der Waals surface area contributed by atoms with E-state index < -0.39 is 23.5 Å². The second-order valence-electron chi connectivity index (χ2n) is 14.7. The number of nitrogens with zero attached hydrogens (tertiary/aromatic N) is 4. The number of likely N-dealkylation sites (N-methyl/N-ethyl adjacent to an activating group) is 1. The molecule has 0 saturated heterocycles. The van der Waals surface area contributed by atoms with Gasteiger partial charge in [-0.25, -0.2) is 22.3 Å². The van der Waals surface area contributed by atoms with Gasteiger partial charge in [-0.05, 0) is 90.5 Å². The number of hydrazine groups is 3. The molecule has 3 fully saturated rings. The first kappa shape index (κ1) is 40.0. The third-order valence-corrected chi connectivity index (χ3v) is 11.7. The highest BCUT2D eigenvalue weighted by Crippen LogP contribution is 2.34. The van der Waals surface area contributed by atoms with Gasteiger partial charge in [0.25, 0.3) is 0 Å². The lowest BCUT2D eigenvalue weighted by atomic mass is 9.79. The number of amides is 3. The number of carbonyl (C=O) groups excluding carboxylic acids is 4. The van der Waals surface area contributed by atoms with E-state index in [1.807, 2.05) is 20.9 Å². The van der Waals surface area contributed by atoms with Crippen LogP contribution in [-0.4, -0.2) is 107 Å². The van der Waals surface area contributed by atoms with E-state index in [1.54, 1.807) is 14.2 Å². The Morgan fingerprint density at radius 1 is 0.812 bits per heavy atom. The molecule has 15 nitrogen and oxygen atoms in total. The fourth-order valence-electron chi connectivity index (χ4n) is 8.07. The first-order valence-electron chi connectivity index (χ1n) is 17.6. The molecule has 3 rings (SSSR count). The summed E-state index contributed by atoms with van der Waals surface area (Å²) in [6.07, 6.45) is 8.36. The van der Waals surface area contributed by atoms with Crippen LogP contribution < -0.4 is 23.4 Å². The monoisotopic (exact) mass is 682 g/mol. The van der Waals surface area contributed by atoms with Gasteiger partial charge in [-0.3, -0.25) is 34.3 Å². The normalized spacial score (nSPS) is 28.8. The summed E-state index contributed by atoms with van der Waals surface area (Å²) in [5.41, 5.74) is -0.854. The Morgan fingerprint density at radius 3 is 2.00 bits per heavy atom. The molecule has 0 aromatic rings. The van der Waals surface area contributed by atoms with E-state index in [2.05, 4.69) is 16.7 Å². The number of hydrogen-bond acceptors (Lipinski definition) is 12. The number of Topliss-reactive ketones (excluding diaryl/α,β-unsaturated/α-hetero) is 1. The average molecular weight is 683 g/mol. The number of ether oxygens (including phenoxy) is 2. The van der Waals surface area contributed by atoms with Crippen molar-refractivity contribution < 1.29 is 33.5 Å². The van der Waals surface area contributed by atoms with Crippen LogP contribution in [0.15, 0.2) is 0 Å². The van der Waals surface area contributed by atoms with E-state index in [-0.39, 0.29) is 67.3 Å². The van der Waals surface area contributed by atoms with Gasteiger partial charge >= 0.3 is 12.0 Å². The number of ketones is 1. The van der Waals surface area contributed by atoms with Gasteiger partial charge in [-0.1, -0.05) is 19.8 Å². The molecule has 0 heterocycles. The van der Waals surface area contributed by atoms with Crippen LogP contribution in [0.5, 0.6) is 0 Å². The SMILES string of the molecule is COC1CCC([C@H](CC(=O)ON)N(N)C(=O)CCC(=O)C(C)(C)N(C)C2CCC(N(N)C(=O)N(N)C3CCCCC3C)CC2)CC1OC. The van der Waals surface area contributed by atoms with E-state index in [4.69, 9.17) is 32.9 Å². The minimum atomic E-state index is -0.854. The molecule has 6 atom stereocenters. The average Bonchev–Trinajstić information content (AvgIpc) is 3.10. The number of rotatable bonds is 14. The van der Waals surface area contributed by atoms with Crippen LogP contribution in [-0.2, 0) is 28.7 Å². The summed E-state index contributed by atoms with van der Waals surface area (Å²) in [5, 5.41) is 3.71. The Kier molecular flexibility index (Phi) is 15.0. The first-order valence-corrected chi connectivity index (χ1v) is 17.6. The Morgan fingerprint density at radius 2 is 1.42 bits per heavy atom. The van der Waals surface area contributed by atoms with Crippen LogP contribution in [0.4, 0.5) is 4.79 Å². The zero-order chi connectivity index (χ0) is 35.8. The van der Waals surface area contributed by atoms with Crippen molar-refractivity contribution >= 4 is 23.7 Å². The lowest BCUT2D eigenvalue weighted by Crippen LogP contribution is -2.60. The molecule has 0 spiro atoms. The maximum Gasteiger partial charge on any atom is 0.348 e. The van der Waals surface area contributed by atoms with Crippen LogP contribution >= 0.6 is 0 Å². The van der Waals surface area contributed by atoms with Crippen LogP contribution in [0.25, 0.3) is 0 Å². The molecule has 5 unspecified atom stereocenters. The Hall–Kier alpha value is -2.40. The van der Waals surface area contributed by atoms with E-state index in [1.165, 1.54) is 10.0 Å². The molecule has 0 radical (unpaired) electrons. The molecule has 0 bridgehead atoms. The number of methoxy groups -OCH3 is 2. The molecule has 48 heavy (non-hydrogen) atoms. The third-order valence-electron chi connectivity index (χ3n) is 11.7. The highest BCUT2D eigenvalue weighted by atomic mass is 16.7. The molecule has 8 N–H and O–H groups in total. The first-order chi connectivity index (χ1) is 22.7. The number of hydrogen-bond donors (Lipinski definition) is 4. The van der Waals surface area contributed by atoms with Crippen LogP contribution in [0, 0.1) is 11.8 Å². The van der Waals surface area contributed by atoms with E-state index >= 15 is 0 Å². The van der Waals surface area contributed by atoms with Crippen LogP contribution in [0.1, 0.15) is 111 Å². The molecule has 0 aromatic heterocycles. The molecule has 3 amide bonds. The number of urea groups is 1. The summed E-state index contributed by atoms with van der Waals surface area (Å²) in [4.78, 5) is 58.7. The van der Waals surface area contributed by atoms with E-state index in [0.717, 1.165) is 43.5 Å². The second-order valence-corrected chi connectivity index (χ2v) is 14.7. The van der Waals surface area contributed by atoms with Gasteiger partial charge in [0.2, 0.25) is 5.91 Å². The van der Waals surface area contributed by atoms with Crippen molar-refractivity contribution in [2.24, 2.45) is 35.3 Å². The van der Waals surface area contributed by atoms with Crippen molar-refractivity contribution in [1.82, 2.24) is 19.9 Å². The fraction of sp³-hybridized carbons (Fsp3) is 0.879. The minimum Gasteiger partial charge on any atom is -0.379 e. The highest BCUT2D eigenvalue weighted by Gasteiger charge is 2.41. The summed E-state index contributed by atoms with van der Waals surface area (Å²) in [6, 6.07) is -1.05. The largest absolute Gasteiger partial charge is 0.379 e. The number of nitrogens with two attached hydrogens (primary N) is 4.